The van der Waals surface area contributed by atoms with Gasteiger partial charge in [-0.05, 0) is 36.7 Å². The molecule has 0 heterocycles. The summed E-state index contributed by atoms with van der Waals surface area (Å²) in [4.78, 5) is 24.2. The van der Waals surface area contributed by atoms with Crippen LogP contribution in [0, 0.1) is 5.92 Å². The molecule has 1 aromatic rings. The summed E-state index contributed by atoms with van der Waals surface area (Å²) in [7, 11) is 0. The van der Waals surface area contributed by atoms with Gasteiger partial charge in [-0.15, -0.1) is 0 Å². The number of aliphatic carboxylic acids is 1. The molecular formula is C13H17ClN2O3. The number of carbonyl (C=O) groups excluding carboxylic acids is 1. The van der Waals surface area contributed by atoms with Crippen molar-refractivity contribution < 1.29 is 14.7 Å². The molecule has 1 atom stereocenters. The number of nitrogens with two attached hydrogens (primary N) is 1. The molecule has 6 heteroatoms. The van der Waals surface area contributed by atoms with Gasteiger partial charge in [0.1, 0.15) is 6.54 Å². The van der Waals surface area contributed by atoms with Crippen LogP contribution in [0.1, 0.15) is 13.3 Å². The largest absolute Gasteiger partial charge is 0.480 e. The smallest absolute Gasteiger partial charge is 0.323 e. The molecule has 1 aromatic carbocycles. The van der Waals surface area contributed by atoms with Crippen LogP contribution in [0.4, 0.5) is 5.69 Å². The van der Waals surface area contributed by atoms with Crippen LogP contribution in [0.15, 0.2) is 24.3 Å². The Morgan fingerprint density at radius 3 is 2.42 bits per heavy atom. The molecule has 0 spiro atoms. The van der Waals surface area contributed by atoms with Gasteiger partial charge < -0.3 is 15.7 Å². The van der Waals surface area contributed by atoms with E-state index >= 15 is 0 Å². The molecule has 3 N–H and O–H groups in total. The lowest BCUT2D eigenvalue weighted by Gasteiger charge is -2.22. The first-order chi connectivity index (χ1) is 8.93. The van der Waals surface area contributed by atoms with Crippen LogP contribution in [0.3, 0.4) is 0 Å². The van der Waals surface area contributed by atoms with Gasteiger partial charge in [0.2, 0.25) is 5.91 Å². The van der Waals surface area contributed by atoms with E-state index in [1.807, 2.05) is 6.92 Å². The number of amides is 1. The normalized spacial score (nSPS) is 11.9. The van der Waals surface area contributed by atoms with E-state index in [4.69, 9.17) is 22.4 Å². The summed E-state index contributed by atoms with van der Waals surface area (Å²) in [5, 5.41) is 9.42. The number of anilines is 1. The van der Waals surface area contributed by atoms with Crippen LogP contribution in [0.25, 0.3) is 0 Å². The maximum Gasteiger partial charge on any atom is 0.323 e. The van der Waals surface area contributed by atoms with E-state index in [0.29, 0.717) is 17.3 Å². The molecule has 19 heavy (non-hydrogen) atoms. The highest BCUT2D eigenvalue weighted by atomic mass is 35.5. The summed E-state index contributed by atoms with van der Waals surface area (Å²) < 4.78 is 0. The number of carboxylic acids is 1. The number of carbonyl (C=O) groups is 2. The molecule has 0 saturated heterocycles. The van der Waals surface area contributed by atoms with Crippen LogP contribution < -0.4 is 10.6 Å². The second-order valence-corrected chi connectivity index (χ2v) is 4.83. The molecule has 1 amide bonds. The number of benzene rings is 1. The molecule has 0 aliphatic heterocycles. The van der Waals surface area contributed by atoms with Gasteiger partial charge in [0.05, 0.1) is 0 Å². The standard InChI is InChI=1S/C13H17ClN2O3/c1-9(7-15)6-12(17)16(8-13(18)19)11-4-2-10(14)3-5-11/h2-5,9H,6-8,15H2,1H3,(H,18,19). The molecule has 5 nitrogen and oxygen atoms in total. The first-order valence-electron chi connectivity index (χ1n) is 5.91. The molecule has 0 radical (unpaired) electrons. The Balaban J connectivity index is 2.91. The zero-order valence-electron chi connectivity index (χ0n) is 10.7. The first-order valence-corrected chi connectivity index (χ1v) is 6.29. The molecule has 0 fully saturated rings. The van der Waals surface area contributed by atoms with Gasteiger partial charge in [-0.2, -0.15) is 0 Å². The second kappa shape index (κ2) is 7.11. The molecule has 1 rings (SSSR count). The minimum atomic E-state index is -1.07. The van der Waals surface area contributed by atoms with Gasteiger partial charge in [0.25, 0.3) is 0 Å². The van der Waals surface area contributed by atoms with Gasteiger partial charge in [-0.3, -0.25) is 9.59 Å². The Labute approximate surface area is 117 Å². The minimum Gasteiger partial charge on any atom is -0.480 e. The van der Waals surface area contributed by atoms with E-state index in [2.05, 4.69) is 0 Å². The summed E-state index contributed by atoms with van der Waals surface area (Å²) in [5.41, 5.74) is 5.99. The molecule has 0 aliphatic carbocycles. The fourth-order valence-corrected chi connectivity index (χ4v) is 1.70. The number of carboxylic acid groups (broad SMARTS) is 1. The third-order valence-corrected chi connectivity index (χ3v) is 2.91. The predicted octanol–water partition coefficient (Wildman–Crippen LogP) is 1.74. The quantitative estimate of drug-likeness (QED) is 0.833. The number of rotatable bonds is 6. The van der Waals surface area contributed by atoms with Crippen LogP contribution in [-0.2, 0) is 9.59 Å². The zero-order valence-corrected chi connectivity index (χ0v) is 11.4. The van der Waals surface area contributed by atoms with E-state index in [1.54, 1.807) is 24.3 Å². The Morgan fingerprint density at radius 2 is 1.95 bits per heavy atom. The van der Waals surface area contributed by atoms with Gasteiger partial charge in [-0.1, -0.05) is 18.5 Å². The maximum atomic E-state index is 12.1. The first kappa shape index (κ1) is 15.5. The van der Waals surface area contributed by atoms with Crippen molar-refractivity contribution in [3.05, 3.63) is 29.3 Å². The van der Waals surface area contributed by atoms with Crippen molar-refractivity contribution in [2.45, 2.75) is 13.3 Å². The van der Waals surface area contributed by atoms with E-state index in [9.17, 15) is 9.59 Å². The van der Waals surface area contributed by atoms with Crippen molar-refractivity contribution in [1.29, 1.82) is 0 Å². The Bertz CT molecular complexity index is 448. The maximum absolute atomic E-state index is 12.1. The van der Waals surface area contributed by atoms with Gasteiger partial charge in [-0.25, -0.2) is 0 Å². The number of halogens is 1. The summed E-state index contributed by atoms with van der Waals surface area (Å²) in [6, 6.07) is 6.48. The molecular weight excluding hydrogens is 268 g/mol. The summed E-state index contributed by atoms with van der Waals surface area (Å²) in [6.45, 7) is 1.85. The van der Waals surface area contributed by atoms with Crippen molar-refractivity contribution in [2.24, 2.45) is 11.7 Å². The molecule has 0 bridgehead atoms. The molecule has 1 unspecified atom stereocenters. The zero-order chi connectivity index (χ0) is 14.4. The Kier molecular flexibility index (Phi) is 5.79. The van der Waals surface area contributed by atoms with Crippen molar-refractivity contribution in [3.63, 3.8) is 0 Å². The summed E-state index contributed by atoms with van der Waals surface area (Å²) in [6.07, 6.45) is 0.215. The lowest BCUT2D eigenvalue weighted by Crippen LogP contribution is -2.37. The minimum absolute atomic E-state index is 0.0103. The van der Waals surface area contributed by atoms with E-state index < -0.39 is 5.97 Å². The fourth-order valence-electron chi connectivity index (χ4n) is 1.57. The monoisotopic (exact) mass is 284 g/mol. The predicted molar refractivity (Wildman–Crippen MR) is 74.3 cm³/mol. The average Bonchev–Trinajstić information content (AvgIpc) is 2.36. The number of hydrogen-bond acceptors (Lipinski definition) is 3. The van der Waals surface area contributed by atoms with Crippen LogP contribution >= 0.6 is 11.6 Å². The topological polar surface area (TPSA) is 83.6 Å². The summed E-state index contributed by atoms with van der Waals surface area (Å²) >= 11 is 5.77. The Hall–Kier alpha value is -1.59. The molecule has 0 aliphatic rings. The van der Waals surface area contributed by atoms with Crippen LogP contribution in [0.2, 0.25) is 5.02 Å². The van der Waals surface area contributed by atoms with Crippen molar-refractivity contribution in [2.75, 3.05) is 18.0 Å². The van der Waals surface area contributed by atoms with Gasteiger partial charge in [0, 0.05) is 17.1 Å². The SMILES string of the molecule is CC(CN)CC(=O)N(CC(=O)O)c1ccc(Cl)cc1. The van der Waals surface area contributed by atoms with Gasteiger partial charge >= 0.3 is 5.97 Å². The highest BCUT2D eigenvalue weighted by molar-refractivity contribution is 6.30. The average molecular weight is 285 g/mol. The van der Waals surface area contributed by atoms with E-state index in [1.165, 1.54) is 4.90 Å². The van der Waals surface area contributed by atoms with Gasteiger partial charge in [0.15, 0.2) is 0 Å². The van der Waals surface area contributed by atoms with E-state index in [-0.39, 0.29) is 24.8 Å². The highest BCUT2D eigenvalue weighted by Crippen LogP contribution is 2.19. The highest BCUT2D eigenvalue weighted by Gasteiger charge is 2.20. The van der Waals surface area contributed by atoms with E-state index in [0.717, 1.165) is 0 Å². The van der Waals surface area contributed by atoms with Crippen LogP contribution in [-0.4, -0.2) is 30.1 Å². The second-order valence-electron chi connectivity index (χ2n) is 4.40. The number of nitrogens with zero attached hydrogens (tertiary/aromatic N) is 1. The third kappa shape index (κ3) is 4.89. The lowest BCUT2D eigenvalue weighted by atomic mass is 10.1. The Morgan fingerprint density at radius 1 is 1.37 bits per heavy atom. The fraction of sp³-hybridized carbons (Fsp3) is 0.385. The van der Waals surface area contributed by atoms with Crippen LogP contribution in [0.5, 0.6) is 0 Å². The summed E-state index contributed by atoms with van der Waals surface area (Å²) in [5.74, 6) is -1.32. The third-order valence-electron chi connectivity index (χ3n) is 2.66. The molecule has 104 valence electrons. The lowest BCUT2D eigenvalue weighted by molar-refractivity contribution is -0.136. The molecule has 0 saturated carbocycles. The number of hydrogen-bond donors (Lipinski definition) is 2. The molecule has 0 aromatic heterocycles. The van der Waals surface area contributed by atoms with Crippen molar-refractivity contribution in [1.82, 2.24) is 0 Å². The van der Waals surface area contributed by atoms with Crippen molar-refractivity contribution >= 4 is 29.2 Å². The van der Waals surface area contributed by atoms with Crippen molar-refractivity contribution in [3.8, 4) is 0 Å².